The zero-order valence-corrected chi connectivity index (χ0v) is 9.73. The highest BCUT2D eigenvalue weighted by Crippen LogP contribution is 2.18. The van der Waals surface area contributed by atoms with Gasteiger partial charge in [0.05, 0.1) is 0 Å². The Bertz CT molecular complexity index is 446. The minimum Gasteiger partial charge on any atom is -0.327 e. The Morgan fingerprint density at radius 3 is 2.94 bits per heavy atom. The molecule has 0 unspecified atom stereocenters. The lowest BCUT2D eigenvalue weighted by Gasteiger charge is -2.29. The van der Waals surface area contributed by atoms with Gasteiger partial charge in [-0.25, -0.2) is 8.42 Å². The molecule has 0 amide bonds. The Kier molecular flexibility index (Phi) is 3.22. The van der Waals surface area contributed by atoms with Crippen molar-refractivity contribution in [2.24, 2.45) is 5.73 Å². The number of sulfonamides is 1. The summed E-state index contributed by atoms with van der Waals surface area (Å²) in [6.45, 7) is 0.947. The molecule has 2 rings (SSSR count). The molecule has 0 radical (unpaired) electrons. The van der Waals surface area contributed by atoms with Crippen molar-refractivity contribution in [3.8, 4) is 0 Å². The van der Waals surface area contributed by atoms with Gasteiger partial charge in [0.15, 0.2) is 0 Å². The molecule has 0 spiro atoms. The van der Waals surface area contributed by atoms with E-state index < -0.39 is 10.0 Å². The average Bonchev–Trinajstić information content (AvgIpc) is 2.30. The molecule has 1 aliphatic heterocycles. The summed E-state index contributed by atoms with van der Waals surface area (Å²) in [5, 5.41) is 0. The summed E-state index contributed by atoms with van der Waals surface area (Å²) < 4.78 is 25.8. The van der Waals surface area contributed by atoms with Crippen molar-refractivity contribution in [3.05, 3.63) is 24.5 Å². The summed E-state index contributed by atoms with van der Waals surface area (Å²) in [5.41, 5.74) is 5.78. The Labute approximate surface area is 95.3 Å². The van der Waals surface area contributed by atoms with Gasteiger partial charge in [0.25, 0.3) is 0 Å². The molecule has 1 aromatic rings. The van der Waals surface area contributed by atoms with E-state index in [-0.39, 0.29) is 10.9 Å². The van der Waals surface area contributed by atoms with Gasteiger partial charge < -0.3 is 5.73 Å². The predicted octanol–water partition coefficient (Wildman–Crippen LogP) is 0.193. The highest BCUT2D eigenvalue weighted by molar-refractivity contribution is 7.89. The fraction of sp³-hybridized carbons (Fsp3) is 0.500. The summed E-state index contributed by atoms with van der Waals surface area (Å²) in [6.07, 6.45) is 4.64. The minimum absolute atomic E-state index is 0.0554. The van der Waals surface area contributed by atoms with Crippen LogP contribution >= 0.6 is 0 Å². The van der Waals surface area contributed by atoms with Gasteiger partial charge in [0, 0.05) is 31.5 Å². The van der Waals surface area contributed by atoms with E-state index >= 15 is 0 Å². The number of piperidine rings is 1. The third-order valence-corrected chi connectivity index (χ3v) is 4.54. The molecule has 16 heavy (non-hydrogen) atoms. The number of hydrogen-bond acceptors (Lipinski definition) is 4. The number of hydrogen-bond donors (Lipinski definition) is 1. The lowest BCUT2D eigenvalue weighted by Crippen LogP contribution is -2.45. The van der Waals surface area contributed by atoms with Gasteiger partial charge in [-0.05, 0) is 25.0 Å². The average molecular weight is 241 g/mol. The van der Waals surface area contributed by atoms with Gasteiger partial charge in [0.1, 0.15) is 4.90 Å². The Hall–Kier alpha value is -0.980. The monoisotopic (exact) mass is 241 g/mol. The van der Waals surface area contributed by atoms with Crippen molar-refractivity contribution in [1.82, 2.24) is 9.29 Å². The smallest absolute Gasteiger partial charge is 0.244 e. The zero-order chi connectivity index (χ0) is 11.6. The molecule has 1 atom stereocenters. The van der Waals surface area contributed by atoms with Crippen molar-refractivity contribution >= 4 is 10.0 Å². The van der Waals surface area contributed by atoms with Crippen molar-refractivity contribution in [2.75, 3.05) is 13.1 Å². The second kappa shape index (κ2) is 4.48. The minimum atomic E-state index is -3.40. The molecular weight excluding hydrogens is 226 g/mol. The van der Waals surface area contributed by atoms with Crippen LogP contribution in [0.1, 0.15) is 12.8 Å². The number of nitrogens with two attached hydrogens (primary N) is 1. The zero-order valence-electron chi connectivity index (χ0n) is 8.91. The molecule has 0 saturated carbocycles. The first kappa shape index (κ1) is 11.5. The van der Waals surface area contributed by atoms with E-state index in [4.69, 9.17) is 5.73 Å². The topological polar surface area (TPSA) is 76.3 Å². The van der Waals surface area contributed by atoms with Crippen LogP contribution in [-0.4, -0.2) is 36.8 Å². The summed E-state index contributed by atoms with van der Waals surface area (Å²) in [5.74, 6) is 0. The van der Waals surface area contributed by atoms with Crippen LogP contribution in [0.15, 0.2) is 29.4 Å². The Balaban J connectivity index is 2.26. The van der Waals surface area contributed by atoms with Crippen LogP contribution in [-0.2, 0) is 10.0 Å². The van der Waals surface area contributed by atoms with Crippen LogP contribution in [0.5, 0.6) is 0 Å². The molecule has 1 aromatic heterocycles. The molecular formula is C10H15N3O2S. The normalized spacial score (nSPS) is 23.2. The van der Waals surface area contributed by atoms with Crippen LogP contribution in [0, 0.1) is 0 Å². The largest absolute Gasteiger partial charge is 0.327 e. The van der Waals surface area contributed by atoms with Crippen molar-refractivity contribution < 1.29 is 8.42 Å². The molecule has 1 saturated heterocycles. The molecule has 0 aromatic carbocycles. The second-order valence-corrected chi connectivity index (χ2v) is 5.89. The number of aromatic nitrogens is 1. The molecule has 1 fully saturated rings. The van der Waals surface area contributed by atoms with Gasteiger partial charge in [-0.1, -0.05) is 0 Å². The van der Waals surface area contributed by atoms with E-state index in [2.05, 4.69) is 4.98 Å². The molecule has 5 nitrogen and oxygen atoms in total. The lowest BCUT2D eigenvalue weighted by atomic mass is 10.1. The van der Waals surface area contributed by atoms with Crippen molar-refractivity contribution in [3.63, 3.8) is 0 Å². The highest BCUT2D eigenvalue weighted by atomic mass is 32.2. The van der Waals surface area contributed by atoms with Gasteiger partial charge >= 0.3 is 0 Å². The molecule has 0 bridgehead atoms. The molecule has 6 heteroatoms. The summed E-state index contributed by atoms with van der Waals surface area (Å²) in [4.78, 5) is 4.07. The van der Waals surface area contributed by atoms with Crippen LogP contribution in [0.25, 0.3) is 0 Å². The molecule has 2 N–H and O–H groups in total. The molecule has 88 valence electrons. The predicted molar refractivity (Wildman–Crippen MR) is 60.2 cm³/mol. The fourth-order valence-electron chi connectivity index (χ4n) is 1.84. The van der Waals surface area contributed by atoms with Crippen LogP contribution in [0.4, 0.5) is 0 Å². The maximum atomic E-state index is 12.2. The van der Waals surface area contributed by atoms with Crippen LogP contribution in [0.2, 0.25) is 0 Å². The molecule has 1 aliphatic rings. The first-order valence-electron chi connectivity index (χ1n) is 5.26. The summed E-state index contributed by atoms with van der Waals surface area (Å²) in [6, 6.07) is 3.12. The van der Waals surface area contributed by atoms with Crippen molar-refractivity contribution in [1.29, 1.82) is 0 Å². The molecule has 0 aliphatic carbocycles. The maximum absolute atomic E-state index is 12.2. The van der Waals surface area contributed by atoms with E-state index in [1.165, 1.54) is 10.5 Å². The lowest BCUT2D eigenvalue weighted by molar-refractivity contribution is 0.316. The van der Waals surface area contributed by atoms with Crippen LogP contribution in [0.3, 0.4) is 0 Å². The second-order valence-electron chi connectivity index (χ2n) is 3.95. The Morgan fingerprint density at radius 1 is 1.50 bits per heavy atom. The van der Waals surface area contributed by atoms with Crippen LogP contribution < -0.4 is 5.73 Å². The van der Waals surface area contributed by atoms with Gasteiger partial charge in [-0.3, -0.25) is 4.98 Å². The van der Waals surface area contributed by atoms with E-state index in [0.717, 1.165) is 12.8 Å². The first-order chi connectivity index (χ1) is 7.60. The van der Waals surface area contributed by atoms with E-state index in [1.54, 1.807) is 18.3 Å². The third-order valence-electron chi connectivity index (χ3n) is 2.69. The van der Waals surface area contributed by atoms with Gasteiger partial charge in [-0.2, -0.15) is 4.31 Å². The number of pyridine rings is 1. The number of rotatable bonds is 2. The maximum Gasteiger partial charge on any atom is 0.244 e. The van der Waals surface area contributed by atoms with Crippen molar-refractivity contribution in [2.45, 2.75) is 23.8 Å². The quantitative estimate of drug-likeness (QED) is 0.802. The van der Waals surface area contributed by atoms with E-state index in [9.17, 15) is 8.42 Å². The van der Waals surface area contributed by atoms with E-state index in [1.807, 2.05) is 0 Å². The van der Waals surface area contributed by atoms with Gasteiger partial charge in [0.2, 0.25) is 10.0 Å². The van der Waals surface area contributed by atoms with Gasteiger partial charge in [-0.15, -0.1) is 0 Å². The molecule has 2 heterocycles. The highest BCUT2D eigenvalue weighted by Gasteiger charge is 2.28. The summed E-state index contributed by atoms with van der Waals surface area (Å²) >= 11 is 0. The Morgan fingerprint density at radius 2 is 2.31 bits per heavy atom. The third kappa shape index (κ3) is 2.23. The first-order valence-corrected chi connectivity index (χ1v) is 6.70. The standard InChI is InChI=1S/C10H15N3O2S/c11-9-3-2-6-13(8-9)16(14,15)10-4-1-5-12-7-10/h1,4-5,7,9H,2-3,6,8,11H2/t9-/m0/s1. The summed E-state index contributed by atoms with van der Waals surface area (Å²) in [7, 11) is -3.40. The fourth-order valence-corrected chi connectivity index (χ4v) is 3.34. The number of nitrogens with zero attached hydrogens (tertiary/aromatic N) is 2. The van der Waals surface area contributed by atoms with E-state index in [0.29, 0.717) is 13.1 Å². The SMILES string of the molecule is N[C@H]1CCCN(S(=O)(=O)c2cccnc2)C1.